The van der Waals surface area contributed by atoms with E-state index in [0.29, 0.717) is 0 Å². The minimum atomic E-state index is -1.11. The van der Waals surface area contributed by atoms with Crippen LogP contribution in [-0.4, -0.2) is 35.6 Å². The molecular weight excluding hydrogens is 268 g/mol. The number of carbonyl (C=O) groups excluding carboxylic acids is 3. The summed E-state index contributed by atoms with van der Waals surface area (Å²) in [5, 5.41) is 8.44. The summed E-state index contributed by atoms with van der Waals surface area (Å²) in [7, 11) is 0. The number of esters is 3. The molecule has 0 bridgehead atoms. The van der Waals surface area contributed by atoms with E-state index in [1.54, 1.807) is 0 Å². The second-order valence-corrected chi connectivity index (χ2v) is 3.71. The topological polar surface area (TPSA) is 107 Å². The lowest BCUT2D eigenvalue weighted by Crippen LogP contribution is -2.16. The first-order valence-corrected chi connectivity index (χ1v) is 5.62. The van der Waals surface area contributed by atoms with Gasteiger partial charge in [-0.1, -0.05) is 12.1 Å². The van der Waals surface area contributed by atoms with Gasteiger partial charge in [0.1, 0.15) is 6.61 Å². The van der Waals surface area contributed by atoms with Crippen molar-refractivity contribution in [1.82, 2.24) is 0 Å². The van der Waals surface area contributed by atoms with Crippen LogP contribution in [-0.2, 0) is 19.1 Å². The number of carboxylic acids is 1. The molecule has 7 heteroatoms. The highest BCUT2D eigenvalue weighted by atomic mass is 16.6. The van der Waals surface area contributed by atoms with Crippen molar-refractivity contribution in [2.45, 2.75) is 13.3 Å². The predicted molar refractivity (Wildman–Crippen MR) is 65.1 cm³/mol. The number of ether oxygens (including phenoxy) is 2. The van der Waals surface area contributed by atoms with Crippen LogP contribution in [0.15, 0.2) is 24.3 Å². The Kier molecular flexibility index (Phi) is 5.40. The summed E-state index contributed by atoms with van der Waals surface area (Å²) in [5.74, 6) is -3.74. The van der Waals surface area contributed by atoms with Crippen molar-refractivity contribution in [2.24, 2.45) is 0 Å². The van der Waals surface area contributed by atoms with E-state index in [0.717, 1.165) is 6.92 Å². The van der Waals surface area contributed by atoms with Crippen LogP contribution in [0.3, 0.4) is 0 Å². The lowest BCUT2D eigenvalue weighted by Gasteiger charge is -2.07. The Morgan fingerprint density at radius 3 is 2.10 bits per heavy atom. The van der Waals surface area contributed by atoms with E-state index >= 15 is 0 Å². The van der Waals surface area contributed by atoms with Crippen LogP contribution in [0.5, 0.6) is 0 Å². The quantitative estimate of drug-likeness (QED) is 0.633. The third-order valence-electron chi connectivity index (χ3n) is 2.15. The second kappa shape index (κ2) is 7.03. The molecule has 1 N–H and O–H groups in total. The number of rotatable bonds is 5. The van der Waals surface area contributed by atoms with Crippen LogP contribution < -0.4 is 0 Å². The smallest absolute Gasteiger partial charge is 0.346 e. The molecule has 0 aromatic heterocycles. The van der Waals surface area contributed by atoms with Crippen molar-refractivity contribution >= 4 is 23.9 Å². The van der Waals surface area contributed by atoms with Gasteiger partial charge in [0.2, 0.25) is 0 Å². The lowest BCUT2D eigenvalue weighted by atomic mass is 10.1. The summed E-state index contributed by atoms with van der Waals surface area (Å²) in [5.41, 5.74) is -0.216. The summed E-state index contributed by atoms with van der Waals surface area (Å²) in [6.07, 6.45) is -0.341. The maximum Gasteiger partial charge on any atom is 0.346 e. The van der Waals surface area contributed by atoms with Crippen molar-refractivity contribution in [3.63, 3.8) is 0 Å². The first-order chi connectivity index (χ1) is 9.41. The van der Waals surface area contributed by atoms with Gasteiger partial charge in [-0.25, -0.2) is 9.59 Å². The maximum absolute atomic E-state index is 11.7. The minimum absolute atomic E-state index is 0.0934. The Morgan fingerprint density at radius 1 is 1.05 bits per heavy atom. The van der Waals surface area contributed by atoms with Gasteiger partial charge in [0.15, 0.2) is 0 Å². The number of benzene rings is 1. The maximum atomic E-state index is 11.7. The third-order valence-corrected chi connectivity index (χ3v) is 2.15. The Labute approximate surface area is 114 Å². The van der Waals surface area contributed by atoms with E-state index in [2.05, 4.69) is 4.74 Å². The number of hydrogen-bond donors (Lipinski definition) is 1. The molecule has 0 aliphatic carbocycles. The van der Waals surface area contributed by atoms with Crippen LogP contribution in [0, 0.1) is 0 Å². The molecule has 0 fully saturated rings. The van der Waals surface area contributed by atoms with E-state index in [9.17, 15) is 19.2 Å². The molecule has 0 radical (unpaired) electrons. The summed E-state index contributed by atoms with van der Waals surface area (Å²) in [6, 6.07) is 5.61. The van der Waals surface area contributed by atoms with E-state index < -0.39 is 23.9 Å². The number of carbonyl (C=O) groups is 4. The molecule has 0 aliphatic rings. The van der Waals surface area contributed by atoms with E-state index in [4.69, 9.17) is 9.84 Å². The van der Waals surface area contributed by atoms with Gasteiger partial charge in [0, 0.05) is 6.92 Å². The van der Waals surface area contributed by atoms with Crippen molar-refractivity contribution in [3.05, 3.63) is 35.4 Å². The molecular formula is C13H12O7. The van der Waals surface area contributed by atoms with Crippen LogP contribution in [0.1, 0.15) is 34.1 Å². The monoisotopic (exact) mass is 280 g/mol. The fraction of sp³-hybridized carbons (Fsp3) is 0.231. The molecule has 0 heterocycles. The highest BCUT2D eigenvalue weighted by Crippen LogP contribution is 2.12. The zero-order valence-electron chi connectivity index (χ0n) is 10.6. The molecule has 0 aliphatic heterocycles. The molecule has 0 saturated carbocycles. The van der Waals surface area contributed by atoms with Gasteiger partial charge in [-0.3, -0.25) is 9.59 Å². The summed E-state index contributed by atoms with van der Waals surface area (Å²) in [4.78, 5) is 44.4. The Balaban J connectivity index is 2.84. The van der Waals surface area contributed by atoms with Crippen molar-refractivity contribution < 1.29 is 33.8 Å². The van der Waals surface area contributed by atoms with E-state index in [1.165, 1.54) is 24.3 Å². The Hall–Kier alpha value is -2.70. The third kappa shape index (κ3) is 4.52. The number of hydrogen-bond acceptors (Lipinski definition) is 6. The van der Waals surface area contributed by atoms with Gasteiger partial charge >= 0.3 is 23.9 Å². The summed E-state index contributed by atoms with van der Waals surface area (Å²) >= 11 is 0. The molecule has 1 aromatic rings. The lowest BCUT2D eigenvalue weighted by molar-refractivity contribution is -0.138. The van der Waals surface area contributed by atoms with Gasteiger partial charge in [-0.05, 0) is 12.1 Å². The molecule has 7 nitrogen and oxygen atoms in total. The number of aliphatic carboxylic acids is 1. The van der Waals surface area contributed by atoms with Crippen LogP contribution in [0.4, 0.5) is 0 Å². The zero-order chi connectivity index (χ0) is 15.1. The fourth-order valence-electron chi connectivity index (χ4n) is 1.33. The highest BCUT2D eigenvalue weighted by molar-refractivity contribution is 6.05. The highest BCUT2D eigenvalue weighted by Gasteiger charge is 2.20. The molecule has 0 saturated heterocycles. The van der Waals surface area contributed by atoms with Gasteiger partial charge in [0.05, 0.1) is 17.5 Å². The minimum Gasteiger partial charge on any atom is -0.481 e. The van der Waals surface area contributed by atoms with Gasteiger partial charge in [-0.15, -0.1) is 0 Å². The first kappa shape index (κ1) is 15.4. The summed E-state index contributed by atoms with van der Waals surface area (Å²) < 4.78 is 9.11. The SMILES string of the molecule is CC(=O)OC(=O)c1ccccc1C(=O)OCCC(=O)O. The molecule has 1 aromatic carbocycles. The summed E-state index contributed by atoms with van der Waals surface area (Å²) in [6.45, 7) is 0.746. The normalized spacial score (nSPS) is 9.65. The average Bonchev–Trinajstić information content (AvgIpc) is 2.37. The fourth-order valence-corrected chi connectivity index (χ4v) is 1.33. The van der Waals surface area contributed by atoms with Crippen molar-refractivity contribution in [2.75, 3.05) is 6.61 Å². The molecule has 106 valence electrons. The molecule has 0 spiro atoms. The molecule has 0 amide bonds. The van der Waals surface area contributed by atoms with Gasteiger partial charge in [-0.2, -0.15) is 0 Å². The standard InChI is InChI=1S/C13H12O7/c1-8(14)20-13(18)10-5-3-2-4-9(10)12(17)19-7-6-11(15)16/h2-5H,6-7H2,1H3,(H,15,16). The second-order valence-electron chi connectivity index (χ2n) is 3.71. The van der Waals surface area contributed by atoms with Crippen LogP contribution in [0.2, 0.25) is 0 Å². The van der Waals surface area contributed by atoms with Gasteiger partial charge in [0.25, 0.3) is 0 Å². The van der Waals surface area contributed by atoms with E-state index in [-0.39, 0.29) is 24.2 Å². The Bertz CT molecular complexity index is 547. The van der Waals surface area contributed by atoms with Crippen LogP contribution >= 0.6 is 0 Å². The predicted octanol–water partition coefficient (Wildman–Crippen LogP) is 1.02. The molecule has 0 atom stereocenters. The molecule has 1 rings (SSSR count). The van der Waals surface area contributed by atoms with E-state index in [1.807, 2.05) is 0 Å². The largest absolute Gasteiger partial charge is 0.481 e. The van der Waals surface area contributed by atoms with Crippen molar-refractivity contribution in [1.29, 1.82) is 0 Å². The number of carboxylic acid groups (broad SMARTS) is 1. The van der Waals surface area contributed by atoms with Gasteiger partial charge < -0.3 is 14.6 Å². The Morgan fingerprint density at radius 2 is 1.60 bits per heavy atom. The van der Waals surface area contributed by atoms with Crippen LogP contribution in [0.25, 0.3) is 0 Å². The molecule has 0 unspecified atom stereocenters. The molecule has 20 heavy (non-hydrogen) atoms. The first-order valence-electron chi connectivity index (χ1n) is 5.62. The average molecular weight is 280 g/mol. The zero-order valence-corrected chi connectivity index (χ0v) is 10.6. The van der Waals surface area contributed by atoms with Crippen molar-refractivity contribution in [3.8, 4) is 0 Å².